The van der Waals surface area contributed by atoms with Crippen LogP contribution in [0.2, 0.25) is 0 Å². The first-order valence-corrected chi connectivity index (χ1v) is 4.71. The van der Waals surface area contributed by atoms with Gasteiger partial charge in [0.2, 0.25) is 11.8 Å². The maximum atomic E-state index is 11.7. The van der Waals surface area contributed by atoms with Crippen LogP contribution in [-0.4, -0.2) is 29.3 Å². The minimum absolute atomic E-state index is 0.0990. The minimum Gasteiger partial charge on any atom is -0.277 e. The van der Waals surface area contributed by atoms with Crippen molar-refractivity contribution in [3.63, 3.8) is 0 Å². The fourth-order valence-electron chi connectivity index (χ4n) is 1.44. The lowest BCUT2D eigenvalue weighted by Gasteiger charge is -2.28. The van der Waals surface area contributed by atoms with Crippen molar-refractivity contribution < 1.29 is 14.4 Å². The third-order valence-electron chi connectivity index (χ3n) is 2.18. The predicted molar refractivity (Wildman–Crippen MR) is 52.5 cm³/mol. The van der Waals surface area contributed by atoms with E-state index in [0.29, 0.717) is 12.8 Å². The molecule has 1 aliphatic rings. The van der Waals surface area contributed by atoms with E-state index in [1.54, 1.807) is 0 Å². The number of carbonyl (C=O) groups excluding carboxylic acids is 3. The molecular formula is C10H12N2O3. The maximum Gasteiger partial charge on any atom is 0.331 e. The van der Waals surface area contributed by atoms with Crippen molar-refractivity contribution in [2.45, 2.75) is 19.8 Å². The number of terminal acetylenes is 1. The molecule has 0 aromatic heterocycles. The molecule has 0 aromatic carbocycles. The molecule has 1 heterocycles. The fraction of sp³-hybridized carbons (Fsp3) is 0.500. The second-order valence-corrected chi connectivity index (χ2v) is 3.26. The lowest BCUT2D eigenvalue weighted by atomic mass is 9.99. The molecule has 1 saturated heterocycles. The first-order valence-electron chi connectivity index (χ1n) is 4.71. The third kappa shape index (κ3) is 2.15. The number of carbonyl (C=O) groups is 3. The van der Waals surface area contributed by atoms with Gasteiger partial charge in [0.1, 0.15) is 5.92 Å². The number of hydrogen-bond acceptors (Lipinski definition) is 3. The molecule has 1 N–H and O–H groups in total. The molecule has 0 bridgehead atoms. The number of nitrogens with one attached hydrogen (secondary N) is 1. The van der Waals surface area contributed by atoms with Gasteiger partial charge >= 0.3 is 6.03 Å². The normalized spacial score (nSPS) is 21.2. The monoisotopic (exact) mass is 208 g/mol. The van der Waals surface area contributed by atoms with Crippen molar-refractivity contribution in [1.82, 2.24) is 10.2 Å². The highest BCUT2D eigenvalue weighted by molar-refractivity contribution is 6.16. The van der Waals surface area contributed by atoms with Gasteiger partial charge < -0.3 is 0 Å². The second kappa shape index (κ2) is 4.60. The Labute approximate surface area is 87.8 Å². The summed E-state index contributed by atoms with van der Waals surface area (Å²) in [6, 6.07) is -0.727. The molecule has 1 atom stereocenters. The number of urea groups is 1. The molecule has 0 radical (unpaired) electrons. The van der Waals surface area contributed by atoms with Gasteiger partial charge in [-0.2, -0.15) is 0 Å². The van der Waals surface area contributed by atoms with Crippen LogP contribution in [0, 0.1) is 18.3 Å². The number of nitrogens with zero attached hydrogens (tertiary/aromatic N) is 1. The number of barbiturate groups is 1. The Morgan fingerprint density at radius 2 is 2.13 bits per heavy atom. The largest absolute Gasteiger partial charge is 0.331 e. The van der Waals surface area contributed by atoms with Crippen LogP contribution in [0.5, 0.6) is 0 Å². The standard InChI is InChI=1S/C10H12N2O3/c1-3-5-7-8(13)11-10(15)12(6-4-2)9(7)14/h2,7H,3,5-6H2,1H3,(H,11,13,15). The Hall–Kier alpha value is -1.83. The average molecular weight is 208 g/mol. The highest BCUT2D eigenvalue weighted by atomic mass is 16.2. The van der Waals surface area contributed by atoms with Crippen LogP contribution in [0.1, 0.15) is 19.8 Å². The number of amides is 4. The van der Waals surface area contributed by atoms with E-state index in [9.17, 15) is 14.4 Å². The summed E-state index contributed by atoms with van der Waals surface area (Å²) in [4.78, 5) is 35.1. The van der Waals surface area contributed by atoms with Gasteiger partial charge in [-0.3, -0.25) is 19.8 Å². The second-order valence-electron chi connectivity index (χ2n) is 3.26. The van der Waals surface area contributed by atoms with Gasteiger partial charge in [-0.1, -0.05) is 19.3 Å². The van der Waals surface area contributed by atoms with Gasteiger partial charge in [-0.25, -0.2) is 4.79 Å². The molecule has 0 aromatic rings. The fourth-order valence-corrected chi connectivity index (χ4v) is 1.44. The molecule has 1 rings (SSSR count). The van der Waals surface area contributed by atoms with Crippen LogP contribution in [0.25, 0.3) is 0 Å². The van der Waals surface area contributed by atoms with Gasteiger partial charge in [0, 0.05) is 0 Å². The van der Waals surface area contributed by atoms with Gasteiger partial charge in [-0.15, -0.1) is 6.42 Å². The zero-order valence-electron chi connectivity index (χ0n) is 8.45. The summed E-state index contributed by atoms with van der Waals surface area (Å²) in [7, 11) is 0. The van der Waals surface area contributed by atoms with E-state index in [4.69, 9.17) is 6.42 Å². The Balaban J connectivity index is 2.85. The Morgan fingerprint density at radius 1 is 1.47 bits per heavy atom. The number of hydrogen-bond donors (Lipinski definition) is 1. The summed E-state index contributed by atoms with van der Waals surface area (Å²) >= 11 is 0. The lowest BCUT2D eigenvalue weighted by molar-refractivity contribution is -0.142. The molecule has 0 saturated carbocycles. The Bertz CT molecular complexity index is 343. The zero-order chi connectivity index (χ0) is 11.4. The summed E-state index contributed by atoms with van der Waals surface area (Å²) < 4.78 is 0. The van der Waals surface area contributed by atoms with Gasteiger partial charge in [0.15, 0.2) is 0 Å². The zero-order valence-corrected chi connectivity index (χ0v) is 8.45. The van der Waals surface area contributed by atoms with Crippen LogP contribution < -0.4 is 5.32 Å². The smallest absolute Gasteiger partial charge is 0.277 e. The van der Waals surface area contributed by atoms with Crippen molar-refractivity contribution in [1.29, 1.82) is 0 Å². The quantitative estimate of drug-likeness (QED) is 0.529. The van der Waals surface area contributed by atoms with Gasteiger partial charge in [-0.05, 0) is 6.42 Å². The Kier molecular flexibility index (Phi) is 3.45. The Morgan fingerprint density at radius 3 is 2.67 bits per heavy atom. The molecular weight excluding hydrogens is 196 g/mol. The molecule has 15 heavy (non-hydrogen) atoms. The van der Waals surface area contributed by atoms with Crippen molar-refractivity contribution in [2.75, 3.05) is 6.54 Å². The molecule has 1 aliphatic heterocycles. The molecule has 80 valence electrons. The van der Waals surface area contributed by atoms with Crippen LogP contribution in [0.4, 0.5) is 4.79 Å². The molecule has 0 aliphatic carbocycles. The summed E-state index contributed by atoms with van der Waals surface area (Å²) in [5.74, 6) is 0.408. The van der Waals surface area contributed by atoms with Crippen LogP contribution in [0.3, 0.4) is 0 Å². The highest BCUT2D eigenvalue weighted by Gasteiger charge is 2.39. The molecule has 5 nitrogen and oxygen atoms in total. The highest BCUT2D eigenvalue weighted by Crippen LogP contribution is 2.15. The topological polar surface area (TPSA) is 66.5 Å². The third-order valence-corrected chi connectivity index (χ3v) is 2.18. The molecule has 4 amide bonds. The van der Waals surface area contributed by atoms with Crippen molar-refractivity contribution in [2.24, 2.45) is 5.92 Å². The average Bonchev–Trinajstić information content (AvgIpc) is 2.19. The summed E-state index contributed by atoms with van der Waals surface area (Å²) in [6.07, 6.45) is 6.15. The van der Waals surface area contributed by atoms with E-state index >= 15 is 0 Å². The van der Waals surface area contributed by atoms with E-state index in [2.05, 4.69) is 11.2 Å². The number of rotatable bonds is 3. The van der Waals surface area contributed by atoms with E-state index in [1.165, 1.54) is 0 Å². The van der Waals surface area contributed by atoms with E-state index < -0.39 is 23.8 Å². The summed E-state index contributed by atoms with van der Waals surface area (Å²) in [6.45, 7) is 1.76. The first kappa shape index (κ1) is 11.2. The van der Waals surface area contributed by atoms with Gasteiger partial charge in [0.05, 0.1) is 6.54 Å². The van der Waals surface area contributed by atoms with Gasteiger partial charge in [0.25, 0.3) is 0 Å². The van der Waals surface area contributed by atoms with Crippen molar-refractivity contribution in [3.8, 4) is 12.3 Å². The minimum atomic E-state index is -0.777. The van der Waals surface area contributed by atoms with Crippen LogP contribution in [-0.2, 0) is 9.59 Å². The SMILES string of the molecule is C#CCN1C(=O)NC(=O)C(CCC)C1=O. The van der Waals surface area contributed by atoms with E-state index in [0.717, 1.165) is 4.90 Å². The van der Waals surface area contributed by atoms with E-state index in [-0.39, 0.29) is 6.54 Å². The summed E-state index contributed by atoms with van der Waals surface area (Å²) in [5.41, 5.74) is 0. The molecule has 5 heteroatoms. The van der Waals surface area contributed by atoms with Crippen LogP contribution in [0.15, 0.2) is 0 Å². The summed E-state index contributed by atoms with van der Waals surface area (Å²) in [5, 5.41) is 2.11. The molecule has 0 spiro atoms. The van der Waals surface area contributed by atoms with Crippen LogP contribution >= 0.6 is 0 Å². The lowest BCUT2D eigenvalue weighted by Crippen LogP contribution is -2.57. The predicted octanol–water partition coefficient (Wildman–Crippen LogP) is 0.114. The number of imide groups is 2. The maximum absolute atomic E-state index is 11.7. The molecule has 1 unspecified atom stereocenters. The molecule has 1 fully saturated rings. The first-order chi connectivity index (χ1) is 7.11. The van der Waals surface area contributed by atoms with E-state index in [1.807, 2.05) is 6.92 Å². The van der Waals surface area contributed by atoms with Crippen molar-refractivity contribution in [3.05, 3.63) is 0 Å². The van der Waals surface area contributed by atoms with Crippen molar-refractivity contribution >= 4 is 17.8 Å².